The third kappa shape index (κ3) is 2.74. The topological polar surface area (TPSA) is 40.1 Å². The van der Waals surface area contributed by atoms with E-state index in [1.54, 1.807) is 12.1 Å². The first kappa shape index (κ1) is 10.2. The van der Waals surface area contributed by atoms with E-state index in [0.717, 1.165) is 5.56 Å². The molecule has 0 saturated heterocycles. The average molecular weight is 199 g/mol. The minimum Gasteiger partial charge on any atom is -0.545 e. The predicted molar refractivity (Wildman–Crippen MR) is 35.5 cm³/mol. The van der Waals surface area contributed by atoms with E-state index < -0.39 is 5.97 Å². The van der Waals surface area contributed by atoms with Gasteiger partial charge in [0, 0.05) is 0 Å². The molecule has 2 nitrogen and oxygen atoms in total. The van der Waals surface area contributed by atoms with Crippen molar-refractivity contribution in [3.8, 4) is 0 Å². The molecule has 0 radical (unpaired) electrons. The Hall–Kier alpha value is -0.791. The molecule has 0 N–H and O–H groups in total. The van der Waals surface area contributed by atoms with Gasteiger partial charge in [-0.2, -0.15) is 0 Å². The van der Waals surface area contributed by atoms with Crippen LogP contribution in [-0.2, 0) is 17.1 Å². The summed E-state index contributed by atoms with van der Waals surface area (Å²) in [4.78, 5) is 10.2. The van der Waals surface area contributed by atoms with Gasteiger partial charge in [-0.1, -0.05) is 29.8 Å². The Kier molecular flexibility index (Phi) is 3.86. The first-order chi connectivity index (χ1) is 4.70. The van der Waals surface area contributed by atoms with Crippen molar-refractivity contribution in [3.05, 3.63) is 35.4 Å². The summed E-state index contributed by atoms with van der Waals surface area (Å²) in [5.74, 6) is -1.12. The number of carboxylic acids is 1. The second-order valence-corrected chi connectivity index (χ2v) is 2.15. The van der Waals surface area contributed by atoms with Crippen LogP contribution < -0.4 is 5.11 Å². The monoisotopic (exact) mass is 198 g/mol. The van der Waals surface area contributed by atoms with Gasteiger partial charge in [0.2, 0.25) is 0 Å². The van der Waals surface area contributed by atoms with Crippen LogP contribution >= 0.6 is 0 Å². The van der Waals surface area contributed by atoms with Gasteiger partial charge in [0.05, 0.1) is 5.97 Å². The molecule has 62 valence electrons. The Morgan fingerprint density at radius 1 is 1.27 bits per heavy atom. The molecule has 11 heavy (non-hydrogen) atoms. The van der Waals surface area contributed by atoms with Crippen LogP contribution in [0.5, 0.6) is 0 Å². The summed E-state index contributed by atoms with van der Waals surface area (Å²) in [6.07, 6.45) is 0. The zero-order valence-electron chi connectivity index (χ0n) is 5.93. The molecule has 1 rings (SSSR count). The van der Waals surface area contributed by atoms with E-state index >= 15 is 0 Å². The molecule has 0 saturated carbocycles. The number of aryl methyl sites for hydroxylation is 1. The molecule has 0 fully saturated rings. The minimum absolute atomic E-state index is 0. The molecule has 0 aromatic heterocycles. The van der Waals surface area contributed by atoms with Gasteiger partial charge in [-0.05, 0) is 12.5 Å². The molecule has 0 spiro atoms. The molecular formula is C8H7CuO2. The van der Waals surface area contributed by atoms with Gasteiger partial charge in [-0.25, -0.2) is 0 Å². The van der Waals surface area contributed by atoms with Crippen molar-refractivity contribution in [2.75, 3.05) is 0 Å². The van der Waals surface area contributed by atoms with Gasteiger partial charge in [0.25, 0.3) is 0 Å². The maximum Gasteiger partial charge on any atom is 1.00 e. The Balaban J connectivity index is 0.000001000. The van der Waals surface area contributed by atoms with Crippen molar-refractivity contribution in [2.45, 2.75) is 6.92 Å². The Morgan fingerprint density at radius 3 is 2.09 bits per heavy atom. The van der Waals surface area contributed by atoms with Crippen LogP contribution in [-0.4, -0.2) is 5.97 Å². The smallest absolute Gasteiger partial charge is 0.545 e. The number of carboxylic acid groups (broad SMARTS) is 1. The van der Waals surface area contributed by atoms with Crippen molar-refractivity contribution in [3.63, 3.8) is 0 Å². The number of rotatable bonds is 1. The van der Waals surface area contributed by atoms with Crippen LogP contribution in [0.4, 0.5) is 0 Å². The number of hydrogen-bond acceptors (Lipinski definition) is 2. The number of carbonyl (C=O) groups is 1. The largest absolute Gasteiger partial charge is 1.00 e. The van der Waals surface area contributed by atoms with Crippen molar-refractivity contribution < 1.29 is 27.0 Å². The SMILES string of the molecule is Cc1ccc(C(=O)[O-])cc1.[Cu+]. The minimum atomic E-state index is -1.12. The molecule has 0 aliphatic heterocycles. The normalized spacial score (nSPS) is 8.45. The third-order valence-corrected chi connectivity index (χ3v) is 1.29. The zero-order chi connectivity index (χ0) is 7.56. The molecule has 0 bridgehead atoms. The van der Waals surface area contributed by atoms with Crippen LogP contribution in [0.2, 0.25) is 0 Å². The molecule has 1 aromatic carbocycles. The Bertz CT molecular complexity index is 241. The van der Waals surface area contributed by atoms with Crippen LogP contribution in [0.25, 0.3) is 0 Å². The average Bonchev–Trinajstić information content (AvgIpc) is 1.88. The summed E-state index contributed by atoms with van der Waals surface area (Å²) >= 11 is 0. The molecule has 0 atom stereocenters. The van der Waals surface area contributed by atoms with Crippen molar-refractivity contribution in [1.82, 2.24) is 0 Å². The van der Waals surface area contributed by atoms with Gasteiger partial charge in [0.1, 0.15) is 0 Å². The van der Waals surface area contributed by atoms with E-state index in [1.807, 2.05) is 6.92 Å². The first-order valence-electron chi connectivity index (χ1n) is 2.98. The van der Waals surface area contributed by atoms with Gasteiger partial charge in [-0.3, -0.25) is 0 Å². The van der Waals surface area contributed by atoms with E-state index in [0.29, 0.717) is 0 Å². The Labute approximate surface area is 75.7 Å². The van der Waals surface area contributed by atoms with E-state index in [9.17, 15) is 9.90 Å². The summed E-state index contributed by atoms with van der Waals surface area (Å²) in [6, 6.07) is 6.55. The standard InChI is InChI=1S/C8H8O2.Cu/c1-6-2-4-7(5-3-6)8(9)10;/h2-5H,1H3,(H,9,10);/q;+1/p-1. The van der Waals surface area contributed by atoms with Crippen LogP contribution in [0.15, 0.2) is 24.3 Å². The van der Waals surface area contributed by atoms with Gasteiger partial charge < -0.3 is 9.90 Å². The summed E-state index contributed by atoms with van der Waals surface area (Å²) in [6.45, 7) is 1.90. The van der Waals surface area contributed by atoms with E-state index in [-0.39, 0.29) is 22.6 Å². The van der Waals surface area contributed by atoms with Crippen molar-refractivity contribution in [2.24, 2.45) is 0 Å². The maximum atomic E-state index is 10.2. The molecule has 0 heterocycles. The van der Waals surface area contributed by atoms with E-state index in [2.05, 4.69) is 0 Å². The van der Waals surface area contributed by atoms with Gasteiger partial charge in [0.15, 0.2) is 0 Å². The summed E-state index contributed by atoms with van der Waals surface area (Å²) < 4.78 is 0. The molecule has 1 aromatic rings. The second-order valence-electron chi connectivity index (χ2n) is 2.15. The third-order valence-electron chi connectivity index (χ3n) is 1.29. The van der Waals surface area contributed by atoms with Crippen LogP contribution in [0.1, 0.15) is 15.9 Å². The molecule has 0 aliphatic rings. The maximum absolute atomic E-state index is 10.2. The Morgan fingerprint density at radius 2 is 1.73 bits per heavy atom. The van der Waals surface area contributed by atoms with Gasteiger partial charge >= 0.3 is 17.1 Å². The zero-order valence-corrected chi connectivity index (χ0v) is 6.87. The van der Waals surface area contributed by atoms with Crippen LogP contribution in [0.3, 0.4) is 0 Å². The number of hydrogen-bond donors (Lipinski definition) is 0. The fourth-order valence-corrected chi connectivity index (χ4v) is 0.690. The van der Waals surface area contributed by atoms with E-state index in [4.69, 9.17) is 0 Å². The molecule has 0 amide bonds. The van der Waals surface area contributed by atoms with Crippen molar-refractivity contribution >= 4 is 5.97 Å². The van der Waals surface area contributed by atoms with Gasteiger partial charge in [-0.15, -0.1) is 0 Å². The van der Waals surface area contributed by atoms with Crippen LogP contribution in [0, 0.1) is 6.92 Å². The number of carbonyl (C=O) groups excluding carboxylic acids is 1. The fraction of sp³-hybridized carbons (Fsp3) is 0.125. The molecule has 0 aliphatic carbocycles. The first-order valence-corrected chi connectivity index (χ1v) is 2.98. The summed E-state index contributed by atoms with van der Waals surface area (Å²) in [7, 11) is 0. The predicted octanol–water partition coefficient (Wildman–Crippen LogP) is 0.356. The molecule has 3 heteroatoms. The molecule has 0 unspecified atom stereocenters. The summed E-state index contributed by atoms with van der Waals surface area (Å²) in [5, 5.41) is 10.2. The fourth-order valence-electron chi connectivity index (χ4n) is 0.690. The number of benzene rings is 1. The summed E-state index contributed by atoms with van der Waals surface area (Å²) in [5.41, 5.74) is 1.27. The quantitative estimate of drug-likeness (QED) is 0.612. The second kappa shape index (κ2) is 4.16. The van der Waals surface area contributed by atoms with Crippen molar-refractivity contribution in [1.29, 1.82) is 0 Å². The van der Waals surface area contributed by atoms with E-state index in [1.165, 1.54) is 12.1 Å². The number of aromatic carboxylic acids is 1. The molecular weight excluding hydrogens is 192 g/mol.